The topological polar surface area (TPSA) is 25.5 Å². The highest BCUT2D eigenvalue weighted by atomic mass is 79.9. The van der Waals surface area contributed by atoms with Gasteiger partial charge in [-0.25, -0.2) is 0 Å². The number of hydrogen-bond donors (Lipinski definition) is 0. The molecule has 82 valence electrons. The molecule has 0 atom stereocenters. The smallest absolute Gasteiger partial charge is 0.169 e. The highest BCUT2D eigenvalue weighted by molar-refractivity contribution is 9.10. The van der Waals surface area contributed by atoms with E-state index in [0.29, 0.717) is 4.67 Å². The molecule has 0 aliphatic rings. The third-order valence-corrected chi connectivity index (χ3v) is 2.85. The number of aliphatic imine (C=N–C) groups is 1. The Hall–Kier alpha value is -1.35. The predicted octanol–water partition coefficient (Wildman–Crippen LogP) is 4.41. The number of nitrogens with zero attached hydrogens (tertiary/aromatic N) is 1. The van der Waals surface area contributed by atoms with E-state index < -0.39 is 0 Å². The molecule has 0 bridgehead atoms. The second kappa shape index (κ2) is 4.66. The highest BCUT2D eigenvalue weighted by Crippen LogP contribution is 2.18. The molecule has 2 aromatic rings. The zero-order valence-electron chi connectivity index (χ0n) is 9.20. The summed E-state index contributed by atoms with van der Waals surface area (Å²) in [6, 6.07) is 9.84. The van der Waals surface area contributed by atoms with Crippen LogP contribution in [0.1, 0.15) is 16.9 Å². The summed E-state index contributed by atoms with van der Waals surface area (Å²) in [6.45, 7) is 4.17. The van der Waals surface area contributed by atoms with Crippen molar-refractivity contribution in [1.29, 1.82) is 0 Å². The minimum Gasteiger partial charge on any atom is -0.448 e. The van der Waals surface area contributed by atoms with Gasteiger partial charge < -0.3 is 4.42 Å². The van der Waals surface area contributed by atoms with Crippen molar-refractivity contribution in [2.24, 2.45) is 4.99 Å². The van der Waals surface area contributed by atoms with Gasteiger partial charge in [-0.15, -0.1) is 0 Å². The molecule has 0 aliphatic carbocycles. The molecule has 0 saturated heterocycles. The van der Waals surface area contributed by atoms with Crippen LogP contribution < -0.4 is 0 Å². The first kappa shape index (κ1) is 11.1. The molecule has 1 aromatic heterocycles. The van der Waals surface area contributed by atoms with Gasteiger partial charge in [-0.1, -0.05) is 6.07 Å². The van der Waals surface area contributed by atoms with Crippen molar-refractivity contribution in [2.75, 3.05) is 0 Å². The predicted molar refractivity (Wildman–Crippen MR) is 69.6 cm³/mol. The number of benzene rings is 1. The Morgan fingerprint density at radius 3 is 2.56 bits per heavy atom. The van der Waals surface area contributed by atoms with E-state index in [4.69, 9.17) is 4.42 Å². The van der Waals surface area contributed by atoms with E-state index in [9.17, 15) is 0 Å². The molecule has 0 unspecified atom stereocenters. The minimum absolute atomic E-state index is 0.717. The van der Waals surface area contributed by atoms with Crippen LogP contribution >= 0.6 is 15.9 Å². The van der Waals surface area contributed by atoms with Crippen LogP contribution in [0.3, 0.4) is 0 Å². The lowest BCUT2D eigenvalue weighted by Gasteiger charge is -1.99. The van der Waals surface area contributed by atoms with Gasteiger partial charge in [0.2, 0.25) is 0 Å². The van der Waals surface area contributed by atoms with Gasteiger partial charge in [0, 0.05) is 0 Å². The normalized spacial score (nSPS) is 11.2. The van der Waals surface area contributed by atoms with Gasteiger partial charge in [-0.2, -0.15) is 0 Å². The van der Waals surface area contributed by atoms with Crippen molar-refractivity contribution in [3.8, 4) is 0 Å². The van der Waals surface area contributed by atoms with Crippen LogP contribution in [-0.2, 0) is 0 Å². The van der Waals surface area contributed by atoms with E-state index in [0.717, 1.165) is 11.4 Å². The van der Waals surface area contributed by atoms with E-state index >= 15 is 0 Å². The molecule has 2 rings (SSSR count). The average molecular weight is 278 g/mol. The van der Waals surface area contributed by atoms with Gasteiger partial charge in [-0.3, -0.25) is 4.99 Å². The standard InChI is InChI=1S/C13H12BrNO/c1-9-3-4-11(7-10(9)2)15-8-12-5-6-13(14)16-12/h3-8H,1-2H3/b15-8+. The first-order valence-electron chi connectivity index (χ1n) is 5.02. The molecule has 0 N–H and O–H groups in total. The van der Waals surface area contributed by atoms with Crippen LogP contribution in [0.2, 0.25) is 0 Å². The lowest BCUT2D eigenvalue weighted by atomic mass is 10.1. The fraction of sp³-hybridized carbons (Fsp3) is 0.154. The summed E-state index contributed by atoms with van der Waals surface area (Å²) in [4.78, 5) is 4.35. The van der Waals surface area contributed by atoms with Crippen molar-refractivity contribution in [1.82, 2.24) is 0 Å². The molecule has 16 heavy (non-hydrogen) atoms. The van der Waals surface area contributed by atoms with E-state index in [1.54, 1.807) is 6.21 Å². The summed E-state index contributed by atoms with van der Waals surface area (Å²) in [5.74, 6) is 0.741. The molecule has 0 fully saturated rings. The van der Waals surface area contributed by atoms with E-state index in [1.807, 2.05) is 18.2 Å². The number of rotatable bonds is 2. The molecule has 0 aliphatic heterocycles. The Bertz CT molecular complexity index is 528. The van der Waals surface area contributed by atoms with Gasteiger partial charge in [0.05, 0.1) is 11.9 Å². The van der Waals surface area contributed by atoms with Gasteiger partial charge in [0.1, 0.15) is 5.76 Å². The lowest BCUT2D eigenvalue weighted by Crippen LogP contribution is -1.79. The summed E-state index contributed by atoms with van der Waals surface area (Å²) < 4.78 is 6.04. The zero-order chi connectivity index (χ0) is 11.5. The number of hydrogen-bond acceptors (Lipinski definition) is 2. The minimum atomic E-state index is 0.717. The third kappa shape index (κ3) is 2.61. The van der Waals surface area contributed by atoms with Crippen LogP contribution in [-0.4, -0.2) is 6.21 Å². The summed E-state index contributed by atoms with van der Waals surface area (Å²) in [5, 5.41) is 0. The molecular weight excluding hydrogens is 266 g/mol. The van der Waals surface area contributed by atoms with Gasteiger partial charge in [0.15, 0.2) is 4.67 Å². The summed E-state index contributed by atoms with van der Waals surface area (Å²) >= 11 is 3.25. The molecule has 1 heterocycles. The summed E-state index contributed by atoms with van der Waals surface area (Å²) in [6.07, 6.45) is 1.72. The van der Waals surface area contributed by atoms with Crippen LogP contribution in [0.25, 0.3) is 0 Å². The van der Waals surface area contributed by atoms with Crippen molar-refractivity contribution in [3.63, 3.8) is 0 Å². The number of aryl methyl sites for hydroxylation is 2. The first-order chi connectivity index (χ1) is 7.65. The molecule has 1 aromatic carbocycles. The highest BCUT2D eigenvalue weighted by Gasteiger charge is 1.96. The molecule has 0 saturated carbocycles. The maximum absolute atomic E-state index is 5.33. The Balaban J connectivity index is 2.20. The zero-order valence-corrected chi connectivity index (χ0v) is 10.8. The SMILES string of the molecule is Cc1ccc(/N=C/c2ccc(Br)o2)cc1C. The van der Waals surface area contributed by atoms with E-state index in [2.05, 4.69) is 46.9 Å². The van der Waals surface area contributed by atoms with Crippen LogP contribution in [0.15, 0.2) is 44.4 Å². The summed E-state index contributed by atoms with van der Waals surface area (Å²) in [7, 11) is 0. The van der Waals surface area contributed by atoms with Crippen molar-refractivity contribution in [2.45, 2.75) is 13.8 Å². The van der Waals surface area contributed by atoms with Gasteiger partial charge in [0.25, 0.3) is 0 Å². The Labute approximate surface area is 103 Å². The van der Waals surface area contributed by atoms with Crippen LogP contribution in [0.5, 0.6) is 0 Å². The monoisotopic (exact) mass is 277 g/mol. The first-order valence-corrected chi connectivity index (χ1v) is 5.81. The second-order valence-corrected chi connectivity index (χ2v) is 4.45. The Kier molecular flexibility index (Phi) is 3.25. The van der Waals surface area contributed by atoms with Gasteiger partial charge in [-0.05, 0) is 65.2 Å². The van der Waals surface area contributed by atoms with Crippen LogP contribution in [0, 0.1) is 13.8 Å². The molecule has 3 heteroatoms. The van der Waals surface area contributed by atoms with Crippen molar-refractivity contribution in [3.05, 3.63) is 51.9 Å². The lowest BCUT2D eigenvalue weighted by molar-refractivity contribution is 0.535. The number of halogens is 1. The Morgan fingerprint density at radius 2 is 1.94 bits per heavy atom. The molecule has 0 spiro atoms. The quantitative estimate of drug-likeness (QED) is 0.747. The average Bonchev–Trinajstić information content (AvgIpc) is 2.66. The maximum Gasteiger partial charge on any atom is 0.169 e. The third-order valence-electron chi connectivity index (χ3n) is 2.43. The van der Waals surface area contributed by atoms with Crippen molar-refractivity contribution < 1.29 is 4.42 Å². The van der Waals surface area contributed by atoms with E-state index in [1.165, 1.54) is 11.1 Å². The largest absolute Gasteiger partial charge is 0.448 e. The maximum atomic E-state index is 5.33. The second-order valence-electron chi connectivity index (χ2n) is 3.67. The van der Waals surface area contributed by atoms with E-state index in [-0.39, 0.29) is 0 Å². The fourth-order valence-corrected chi connectivity index (χ4v) is 1.66. The molecule has 2 nitrogen and oxygen atoms in total. The van der Waals surface area contributed by atoms with Crippen molar-refractivity contribution >= 4 is 27.8 Å². The molecule has 0 amide bonds. The fourth-order valence-electron chi connectivity index (χ4n) is 1.34. The number of furan rings is 1. The molecular formula is C13H12BrNO. The Morgan fingerprint density at radius 1 is 1.12 bits per heavy atom. The van der Waals surface area contributed by atoms with Gasteiger partial charge >= 0.3 is 0 Å². The summed E-state index contributed by atoms with van der Waals surface area (Å²) in [5.41, 5.74) is 3.46. The van der Waals surface area contributed by atoms with Crippen LogP contribution in [0.4, 0.5) is 5.69 Å². The molecule has 0 radical (unpaired) electrons.